The van der Waals surface area contributed by atoms with Crippen molar-refractivity contribution in [1.29, 1.82) is 0 Å². The van der Waals surface area contributed by atoms with Crippen molar-refractivity contribution in [3.05, 3.63) is 101 Å². The van der Waals surface area contributed by atoms with Gasteiger partial charge in [-0.3, -0.25) is 0 Å². The highest BCUT2D eigenvalue weighted by atomic mass is 19.4. The molecule has 0 bridgehead atoms. The van der Waals surface area contributed by atoms with Gasteiger partial charge in [-0.05, 0) is 46.7 Å². The van der Waals surface area contributed by atoms with Crippen molar-refractivity contribution >= 4 is 5.71 Å². The SMILES string of the molecule is C/C(=N\OCc1ccc(C(F)(F)F)cc1)c1ccc(OCc2nnnn2Cc2ccccc2)nc1. The van der Waals surface area contributed by atoms with Gasteiger partial charge in [0, 0.05) is 17.8 Å². The molecule has 4 rings (SSSR count). The molecular formula is C24H21F3N6O2. The molecule has 0 saturated carbocycles. The minimum Gasteiger partial charge on any atom is -0.469 e. The number of hydrogen-bond donors (Lipinski definition) is 0. The molecule has 0 N–H and O–H groups in total. The predicted molar refractivity (Wildman–Crippen MR) is 120 cm³/mol. The van der Waals surface area contributed by atoms with E-state index in [0.29, 0.717) is 35.1 Å². The number of hydrogen-bond acceptors (Lipinski definition) is 7. The Morgan fingerprint density at radius 3 is 2.40 bits per heavy atom. The molecule has 0 saturated heterocycles. The highest BCUT2D eigenvalue weighted by Gasteiger charge is 2.29. The average Bonchev–Trinajstić information content (AvgIpc) is 3.30. The van der Waals surface area contributed by atoms with Gasteiger partial charge in [0.25, 0.3) is 0 Å². The molecule has 2 heterocycles. The van der Waals surface area contributed by atoms with E-state index in [2.05, 4.69) is 25.7 Å². The van der Waals surface area contributed by atoms with Crippen LogP contribution in [0.2, 0.25) is 0 Å². The Kier molecular flexibility index (Phi) is 7.34. The molecule has 0 radical (unpaired) electrons. The monoisotopic (exact) mass is 482 g/mol. The molecule has 0 aliphatic heterocycles. The van der Waals surface area contributed by atoms with Gasteiger partial charge in [-0.1, -0.05) is 47.6 Å². The third-order valence-corrected chi connectivity index (χ3v) is 5.00. The van der Waals surface area contributed by atoms with Gasteiger partial charge in [0.2, 0.25) is 5.88 Å². The fraction of sp³-hybridized carbons (Fsp3) is 0.208. The maximum Gasteiger partial charge on any atom is 0.416 e. The summed E-state index contributed by atoms with van der Waals surface area (Å²) < 4.78 is 45.3. The number of oxime groups is 1. The molecule has 2 aromatic heterocycles. The van der Waals surface area contributed by atoms with Gasteiger partial charge in [0.15, 0.2) is 12.4 Å². The number of pyridine rings is 1. The van der Waals surface area contributed by atoms with E-state index >= 15 is 0 Å². The Morgan fingerprint density at radius 1 is 0.943 bits per heavy atom. The number of ether oxygens (including phenoxy) is 1. The molecule has 180 valence electrons. The van der Waals surface area contributed by atoms with Gasteiger partial charge in [0.05, 0.1) is 17.8 Å². The van der Waals surface area contributed by atoms with E-state index < -0.39 is 11.7 Å². The number of aromatic nitrogens is 5. The van der Waals surface area contributed by atoms with E-state index in [4.69, 9.17) is 9.57 Å². The first-order valence-corrected chi connectivity index (χ1v) is 10.6. The normalized spacial score (nSPS) is 11.9. The second-order valence-corrected chi connectivity index (χ2v) is 7.56. The summed E-state index contributed by atoms with van der Waals surface area (Å²) in [5.41, 5.74) is 2.20. The highest BCUT2D eigenvalue weighted by Crippen LogP contribution is 2.29. The molecule has 2 aromatic carbocycles. The molecule has 0 atom stereocenters. The number of tetrazole rings is 1. The zero-order valence-electron chi connectivity index (χ0n) is 18.7. The van der Waals surface area contributed by atoms with Crippen LogP contribution in [0.15, 0.2) is 78.1 Å². The molecule has 0 unspecified atom stereocenters. The molecular weight excluding hydrogens is 461 g/mol. The van der Waals surface area contributed by atoms with Crippen molar-refractivity contribution < 1.29 is 22.7 Å². The lowest BCUT2D eigenvalue weighted by molar-refractivity contribution is -0.137. The second-order valence-electron chi connectivity index (χ2n) is 7.56. The summed E-state index contributed by atoms with van der Waals surface area (Å²) in [6, 6.07) is 18.0. The van der Waals surface area contributed by atoms with E-state index in [0.717, 1.165) is 17.7 Å². The summed E-state index contributed by atoms with van der Waals surface area (Å²) >= 11 is 0. The van der Waals surface area contributed by atoms with E-state index in [9.17, 15) is 13.2 Å². The summed E-state index contributed by atoms with van der Waals surface area (Å²) in [4.78, 5) is 9.54. The van der Waals surface area contributed by atoms with Gasteiger partial charge in [-0.2, -0.15) is 13.2 Å². The van der Waals surface area contributed by atoms with Crippen molar-refractivity contribution in [2.24, 2.45) is 5.16 Å². The zero-order chi connectivity index (χ0) is 24.7. The van der Waals surface area contributed by atoms with Gasteiger partial charge in [0.1, 0.15) is 6.61 Å². The number of rotatable bonds is 9. The van der Waals surface area contributed by atoms with E-state index in [1.54, 1.807) is 29.9 Å². The minimum atomic E-state index is -4.37. The van der Waals surface area contributed by atoms with Gasteiger partial charge < -0.3 is 9.57 Å². The second kappa shape index (κ2) is 10.8. The van der Waals surface area contributed by atoms with E-state index in [-0.39, 0.29) is 13.2 Å². The minimum absolute atomic E-state index is 0.0435. The summed E-state index contributed by atoms with van der Waals surface area (Å²) in [5.74, 6) is 0.954. The zero-order valence-corrected chi connectivity index (χ0v) is 18.7. The van der Waals surface area contributed by atoms with Crippen LogP contribution in [0.25, 0.3) is 0 Å². The van der Waals surface area contributed by atoms with Gasteiger partial charge in [-0.15, -0.1) is 5.10 Å². The number of halogens is 3. The smallest absolute Gasteiger partial charge is 0.416 e. The Labute approximate surface area is 199 Å². The fourth-order valence-electron chi connectivity index (χ4n) is 3.07. The van der Waals surface area contributed by atoms with Gasteiger partial charge in [-0.25, -0.2) is 9.67 Å². The lowest BCUT2D eigenvalue weighted by atomic mass is 10.1. The Balaban J connectivity index is 1.29. The lowest BCUT2D eigenvalue weighted by Gasteiger charge is -2.08. The number of nitrogens with zero attached hydrogens (tertiary/aromatic N) is 6. The van der Waals surface area contributed by atoms with Crippen molar-refractivity contribution in [2.75, 3.05) is 0 Å². The Morgan fingerprint density at radius 2 is 1.71 bits per heavy atom. The van der Waals surface area contributed by atoms with Crippen molar-refractivity contribution in [2.45, 2.75) is 32.9 Å². The lowest BCUT2D eigenvalue weighted by Crippen LogP contribution is -2.10. The molecule has 0 aliphatic carbocycles. The maximum atomic E-state index is 12.6. The number of benzene rings is 2. The molecule has 0 aliphatic rings. The first kappa shape index (κ1) is 23.9. The van der Waals surface area contributed by atoms with Crippen LogP contribution in [0.4, 0.5) is 13.2 Å². The Hall–Kier alpha value is -4.28. The van der Waals surface area contributed by atoms with Crippen molar-refractivity contribution in [3.63, 3.8) is 0 Å². The molecule has 11 heteroatoms. The van der Waals surface area contributed by atoms with Crippen LogP contribution in [0, 0.1) is 0 Å². The molecule has 0 fully saturated rings. The van der Waals surface area contributed by atoms with Crippen molar-refractivity contribution in [3.8, 4) is 5.88 Å². The van der Waals surface area contributed by atoms with Crippen LogP contribution in [0.5, 0.6) is 5.88 Å². The summed E-state index contributed by atoms with van der Waals surface area (Å²) in [7, 11) is 0. The van der Waals surface area contributed by atoms with Crippen LogP contribution < -0.4 is 4.74 Å². The maximum absolute atomic E-state index is 12.6. The molecule has 0 amide bonds. The highest BCUT2D eigenvalue weighted by molar-refractivity contribution is 5.98. The third-order valence-electron chi connectivity index (χ3n) is 5.00. The molecule has 35 heavy (non-hydrogen) atoms. The first-order valence-electron chi connectivity index (χ1n) is 10.6. The average molecular weight is 482 g/mol. The van der Waals surface area contributed by atoms with Gasteiger partial charge >= 0.3 is 6.18 Å². The summed E-state index contributed by atoms with van der Waals surface area (Å²) in [6.45, 7) is 2.46. The topological polar surface area (TPSA) is 87.3 Å². The molecule has 4 aromatic rings. The number of alkyl halides is 3. The van der Waals surface area contributed by atoms with Crippen molar-refractivity contribution in [1.82, 2.24) is 25.2 Å². The van der Waals surface area contributed by atoms with E-state index in [1.807, 2.05) is 30.3 Å². The molecule has 0 spiro atoms. The quantitative estimate of drug-likeness (QED) is 0.255. The third kappa shape index (κ3) is 6.62. The van der Waals surface area contributed by atoms with Crippen LogP contribution >= 0.6 is 0 Å². The van der Waals surface area contributed by atoms with Crippen LogP contribution in [-0.4, -0.2) is 30.9 Å². The predicted octanol–water partition coefficient (Wildman–Crippen LogP) is 4.66. The molecule has 8 nitrogen and oxygen atoms in total. The summed E-state index contributed by atoms with van der Waals surface area (Å²) in [6.07, 6.45) is -2.78. The standard InChI is InChI=1S/C24H21F3N6O2/c1-17(30-35-15-19-7-10-21(11-8-19)24(25,26)27)20-9-12-23(28-13-20)34-16-22-29-31-32-33(22)14-18-5-3-2-4-6-18/h2-13H,14-16H2,1H3/b30-17+. The van der Waals surface area contributed by atoms with Crippen LogP contribution in [-0.2, 0) is 30.8 Å². The first-order chi connectivity index (χ1) is 16.9. The largest absolute Gasteiger partial charge is 0.469 e. The van der Waals surface area contributed by atoms with Crippen LogP contribution in [0.3, 0.4) is 0 Å². The fourth-order valence-corrected chi connectivity index (χ4v) is 3.07. The Bertz CT molecular complexity index is 1260. The van der Waals surface area contributed by atoms with E-state index in [1.165, 1.54) is 12.1 Å². The summed E-state index contributed by atoms with van der Waals surface area (Å²) in [5, 5.41) is 15.7. The van der Waals surface area contributed by atoms with Crippen LogP contribution in [0.1, 0.15) is 35.0 Å².